The molecular formula is C15H21ClO. The summed E-state index contributed by atoms with van der Waals surface area (Å²) in [5, 5.41) is 0. The molecule has 0 aromatic heterocycles. The molecule has 1 nitrogen and oxygen atoms in total. The van der Waals surface area contributed by atoms with E-state index >= 15 is 0 Å². The van der Waals surface area contributed by atoms with Gasteiger partial charge >= 0.3 is 0 Å². The van der Waals surface area contributed by atoms with E-state index in [1.165, 1.54) is 31.2 Å². The quantitative estimate of drug-likeness (QED) is 0.695. The van der Waals surface area contributed by atoms with Gasteiger partial charge in [-0.25, -0.2) is 0 Å². The summed E-state index contributed by atoms with van der Waals surface area (Å²) in [5.74, 6) is 1.34. The molecule has 1 aliphatic rings. The monoisotopic (exact) mass is 252 g/mol. The second-order valence-corrected chi connectivity index (χ2v) is 5.23. The maximum atomic E-state index is 6.06. The molecule has 1 heterocycles. The van der Waals surface area contributed by atoms with Crippen LogP contribution in [0.25, 0.3) is 0 Å². The highest BCUT2D eigenvalue weighted by Gasteiger charge is 2.17. The molecule has 0 bridgehead atoms. The van der Waals surface area contributed by atoms with Crippen molar-refractivity contribution in [2.75, 3.05) is 12.5 Å². The summed E-state index contributed by atoms with van der Waals surface area (Å²) >= 11 is 6.06. The second kappa shape index (κ2) is 7.03. The van der Waals surface area contributed by atoms with Crippen LogP contribution in [0.1, 0.15) is 31.2 Å². The predicted molar refractivity (Wildman–Crippen MR) is 72.6 cm³/mol. The standard InChI is InChI=1S/C15H21ClO/c16-12-14(8-9-15-7-4-10-17-15)11-13-5-2-1-3-6-13/h1-3,5-6,14-15H,4,7-12H2. The SMILES string of the molecule is ClCC(CCC1CCCO1)Cc1ccccc1. The minimum absolute atomic E-state index is 0.497. The summed E-state index contributed by atoms with van der Waals surface area (Å²) in [5.41, 5.74) is 1.39. The van der Waals surface area contributed by atoms with Gasteiger partial charge in [-0.2, -0.15) is 0 Å². The lowest BCUT2D eigenvalue weighted by molar-refractivity contribution is 0.0988. The largest absolute Gasteiger partial charge is 0.378 e. The van der Waals surface area contributed by atoms with E-state index in [9.17, 15) is 0 Å². The molecule has 1 aromatic rings. The highest BCUT2D eigenvalue weighted by atomic mass is 35.5. The zero-order valence-electron chi connectivity index (χ0n) is 10.3. The van der Waals surface area contributed by atoms with Crippen LogP contribution in [0.5, 0.6) is 0 Å². The molecule has 1 fully saturated rings. The van der Waals surface area contributed by atoms with Gasteiger partial charge in [0.2, 0.25) is 0 Å². The van der Waals surface area contributed by atoms with Crippen LogP contribution >= 0.6 is 11.6 Å². The summed E-state index contributed by atoms with van der Waals surface area (Å²) in [6.07, 6.45) is 6.41. The molecule has 2 atom stereocenters. The van der Waals surface area contributed by atoms with Crippen molar-refractivity contribution in [2.24, 2.45) is 5.92 Å². The molecule has 1 aliphatic heterocycles. The summed E-state index contributed by atoms with van der Waals surface area (Å²) in [7, 11) is 0. The number of alkyl halides is 1. The fraction of sp³-hybridized carbons (Fsp3) is 0.600. The van der Waals surface area contributed by atoms with Crippen molar-refractivity contribution in [3.05, 3.63) is 35.9 Å². The molecule has 0 spiro atoms. The number of hydrogen-bond donors (Lipinski definition) is 0. The fourth-order valence-electron chi connectivity index (χ4n) is 2.47. The number of benzene rings is 1. The van der Waals surface area contributed by atoms with Crippen LogP contribution in [0.3, 0.4) is 0 Å². The van der Waals surface area contributed by atoms with Gasteiger partial charge in [0.05, 0.1) is 6.10 Å². The maximum absolute atomic E-state index is 6.06. The lowest BCUT2D eigenvalue weighted by Gasteiger charge is -2.16. The second-order valence-electron chi connectivity index (χ2n) is 4.92. The maximum Gasteiger partial charge on any atom is 0.0576 e. The molecule has 2 rings (SSSR count). The lowest BCUT2D eigenvalue weighted by atomic mass is 9.94. The zero-order chi connectivity index (χ0) is 11.9. The number of halogens is 1. The molecule has 0 N–H and O–H groups in total. The summed E-state index contributed by atoms with van der Waals surface area (Å²) in [4.78, 5) is 0. The van der Waals surface area contributed by atoms with Crippen LogP contribution in [0, 0.1) is 5.92 Å². The molecule has 17 heavy (non-hydrogen) atoms. The summed E-state index contributed by atoms with van der Waals surface area (Å²) in [6.45, 7) is 0.953. The van der Waals surface area contributed by atoms with Crippen molar-refractivity contribution in [2.45, 2.75) is 38.2 Å². The molecule has 0 amide bonds. The predicted octanol–water partition coefficient (Wildman–Crippen LogP) is 4.04. The molecule has 1 aromatic carbocycles. The van der Waals surface area contributed by atoms with Gasteiger partial charge < -0.3 is 4.74 Å². The highest BCUT2D eigenvalue weighted by Crippen LogP contribution is 2.22. The number of rotatable bonds is 6. The first kappa shape index (κ1) is 12.9. The minimum atomic E-state index is 0.497. The lowest BCUT2D eigenvalue weighted by Crippen LogP contribution is -2.12. The van der Waals surface area contributed by atoms with Crippen LogP contribution in [0.2, 0.25) is 0 Å². The van der Waals surface area contributed by atoms with Crippen molar-refractivity contribution in [3.8, 4) is 0 Å². The van der Waals surface area contributed by atoms with Crippen LogP contribution in [0.15, 0.2) is 30.3 Å². The Morgan fingerprint density at radius 2 is 2.12 bits per heavy atom. The number of ether oxygens (including phenoxy) is 1. The first-order valence-electron chi connectivity index (χ1n) is 6.60. The van der Waals surface area contributed by atoms with Gasteiger partial charge in [0.25, 0.3) is 0 Å². The van der Waals surface area contributed by atoms with Crippen molar-refractivity contribution in [3.63, 3.8) is 0 Å². The Labute approximate surface area is 109 Å². The Morgan fingerprint density at radius 1 is 1.29 bits per heavy atom. The fourth-order valence-corrected chi connectivity index (χ4v) is 2.74. The van der Waals surface area contributed by atoms with Gasteiger partial charge in [0.1, 0.15) is 0 Å². The molecule has 0 saturated carbocycles. The van der Waals surface area contributed by atoms with E-state index in [0.717, 1.165) is 18.9 Å². The van der Waals surface area contributed by atoms with E-state index in [4.69, 9.17) is 16.3 Å². The van der Waals surface area contributed by atoms with Crippen molar-refractivity contribution < 1.29 is 4.74 Å². The van der Waals surface area contributed by atoms with Gasteiger partial charge in [-0.15, -0.1) is 11.6 Å². The van der Waals surface area contributed by atoms with Gasteiger partial charge in [-0.05, 0) is 43.6 Å². The van der Waals surface area contributed by atoms with Gasteiger partial charge in [0, 0.05) is 12.5 Å². The van der Waals surface area contributed by atoms with Crippen molar-refractivity contribution >= 4 is 11.6 Å². The Kier molecular flexibility index (Phi) is 5.34. The topological polar surface area (TPSA) is 9.23 Å². The van der Waals surface area contributed by atoms with Crippen molar-refractivity contribution in [1.29, 1.82) is 0 Å². The molecule has 94 valence electrons. The van der Waals surface area contributed by atoms with E-state index in [-0.39, 0.29) is 0 Å². The zero-order valence-corrected chi connectivity index (χ0v) is 11.0. The van der Waals surface area contributed by atoms with Gasteiger partial charge in [-0.1, -0.05) is 30.3 Å². The molecule has 0 aliphatic carbocycles. The van der Waals surface area contributed by atoms with Crippen LogP contribution in [-0.2, 0) is 11.2 Å². The van der Waals surface area contributed by atoms with E-state index in [1.807, 2.05) is 0 Å². The Bertz CT molecular complexity index is 306. The van der Waals surface area contributed by atoms with E-state index in [1.54, 1.807) is 0 Å². The first-order chi connectivity index (χ1) is 8.38. The smallest absolute Gasteiger partial charge is 0.0576 e. The van der Waals surface area contributed by atoms with Gasteiger partial charge in [-0.3, -0.25) is 0 Å². The normalized spacial score (nSPS) is 21.6. The van der Waals surface area contributed by atoms with E-state index in [0.29, 0.717) is 12.0 Å². The third-order valence-corrected chi connectivity index (χ3v) is 3.94. The third kappa shape index (κ3) is 4.33. The Hall–Kier alpha value is -0.530. The number of hydrogen-bond acceptors (Lipinski definition) is 1. The molecule has 2 heteroatoms. The Morgan fingerprint density at radius 3 is 2.76 bits per heavy atom. The average molecular weight is 253 g/mol. The van der Waals surface area contributed by atoms with E-state index in [2.05, 4.69) is 30.3 Å². The first-order valence-corrected chi connectivity index (χ1v) is 7.13. The minimum Gasteiger partial charge on any atom is -0.378 e. The molecule has 0 radical (unpaired) electrons. The van der Waals surface area contributed by atoms with Crippen LogP contribution in [0.4, 0.5) is 0 Å². The summed E-state index contributed by atoms with van der Waals surface area (Å²) < 4.78 is 5.65. The van der Waals surface area contributed by atoms with Crippen LogP contribution in [-0.4, -0.2) is 18.6 Å². The van der Waals surface area contributed by atoms with Gasteiger partial charge in [0.15, 0.2) is 0 Å². The highest BCUT2D eigenvalue weighted by molar-refractivity contribution is 6.18. The summed E-state index contributed by atoms with van der Waals surface area (Å²) in [6, 6.07) is 10.6. The molecule has 1 saturated heterocycles. The van der Waals surface area contributed by atoms with E-state index < -0.39 is 0 Å². The van der Waals surface area contributed by atoms with Crippen molar-refractivity contribution in [1.82, 2.24) is 0 Å². The molecular weight excluding hydrogens is 232 g/mol. The average Bonchev–Trinajstić information content (AvgIpc) is 2.89. The Balaban J connectivity index is 1.76. The van der Waals surface area contributed by atoms with Crippen LogP contribution < -0.4 is 0 Å². The third-order valence-electron chi connectivity index (χ3n) is 3.51. The molecule has 2 unspecified atom stereocenters.